The molecule has 1 aromatic carbocycles. The van der Waals surface area contributed by atoms with Crippen LogP contribution < -0.4 is 5.32 Å². The van der Waals surface area contributed by atoms with Gasteiger partial charge in [-0.15, -0.1) is 0 Å². The smallest absolute Gasteiger partial charge is 0.211 e. The Kier molecular flexibility index (Phi) is 3.22. The summed E-state index contributed by atoms with van der Waals surface area (Å²) in [5.74, 6) is -1.61. The summed E-state index contributed by atoms with van der Waals surface area (Å²) in [7, 11) is 0. The van der Waals surface area contributed by atoms with Crippen LogP contribution in [0.4, 0.5) is 14.5 Å². The van der Waals surface area contributed by atoms with E-state index < -0.39 is 11.6 Å². The van der Waals surface area contributed by atoms with Gasteiger partial charge in [0.25, 0.3) is 0 Å². The minimum atomic E-state index is -0.813. The molecule has 1 N–H and O–H groups in total. The normalized spacial score (nSPS) is 9.85. The number of carbonyl (C=O) groups is 1. The predicted octanol–water partition coefficient (Wildman–Crippen LogP) is 2.95. The Hall–Kier alpha value is -0.680. The molecule has 0 atom stereocenters. The van der Waals surface area contributed by atoms with Crippen molar-refractivity contribution < 1.29 is 13.6 Å². The van der Waals surface area contributed by atoms with Gasteiger partial charge in [0.2, 0.25) is 6.41 Å². The first-order chi connectivity index (χ1) is 6.07. The average Bonchev–Trinajstić information content (AvgIpc) is 2.09. The van der Waals surface area contributed by atoms with Crippen LogP contribution in [0.2, 0.25) is 5.02 Å². The molecule has 0 aliphatic carbocycles. The summed E-state index contributed by atoms with van der Waals surface area (Å²) < 4.78 is 25.8. The maximum Gasteiger partial charge on any atom is 0.211 e. The van der Waals surface area contributed by atoms with Gasteiger partial charge in [0.15, 0.2) is 5.82 Å². The van der Waals surface area contributed by atoms with Gasteiger partial charge < -0.3 is 5.32 Å². The number of nitrogens with one attached hydrogen (secondary N) is 1. The maximum absolute atomic E-state index is 13.0. The SMILES string of the molecule is O=CNc1c(F)cc(Cl)c(F)c1Br. The van der Waals surface area contributed by atoms with Crippen LogP contribution in [0.1, 0.15) is 0 Å². The lowest BCUT2D eigenvalue weighted by Crippen LogP contribution is -2.00. The fourth-order valence-electron chi connectivity index (χ4n) is 0.757. The summed E-state index contributed by atoms with van der Waals surface area (Å²) in [6.45, 7) is 0. The summed E-state index contributed by atoms with van der Waals surface area (Å²) in [6, 6.07) is 0.785. The van der Waals surface area contributed by atoms with Crippen LogP contribution in [0.5, 0.6) is 0 Å². The molecule has 0 aromatic heterocycles. The van der Waals surface area contributed by atoms with Crippen molar-refractivity contribution in [3.8, 4) is 0 Å². The Morgan fingerprint density at radius 2 is 2.15 bits per heavy atom. The topological polar surface area (TPSA) is 29.1 Å². The molecule has 6 heteroatoms. The Labute approximate surface area is 86.0 Å². The molecule has 0 aliphatic heterocycles. The number of halogens is 4. The second kappa shape index (κ2) is 4.02. The number of amides is 1. The number of hydrogen-bond acceptors (Lipinski definition) is 1. The van der Waals surface area contributed by atoms with Crippen LogP contribution in [0, 0.1) is 11.6 Å². The molecule has 0 saturated heterocycles. The molecule has 0 aliphatic rings. The van der Waals surface area contributed by atoms with Gasteiger partial charge in [-0.1, -0.05) is 11.6 Å². The quantitative estimate of drug-likeness (QED) is 0.500. The third-order valence-corrected chi connectivity index (χ3v) is 2.34. The largest absolute Gasteiger partial charge is 0.325 e. The zero-order chi connectivity index (χ0) is 10.0. The van der Waals surface area contributed by atoms with Crippen molar-refractivity contribution in [1.82, 2.24) is 0 Å². The number of benzene rings is 1. The van der Waals surface area contributed by atoms with E-state index in [1.165, 1.54) is 0 Å². The van der Waals surface area contributed by atoms with Gasteiger partial charge in [-0.05, 0) is 22.0 Å². The second-order valence-electron chi connectivity index (χ2n) is 2.11. The molecule has 70 valence electrons. The number of hydrogen-bond donors (Lipinski definition) is 1. The molecule has 1 aromatic rings. The minimum absolute atomic E-state index is 0.204. The zero-order valence-corrected chi connectivity index (χ0v) is 8.42. The first-order valence-corrected chi connectivity index (χ1v) is 4.28. The van der Waals surface area contributed by atoms with Crippen molar-refractivity contribution in [2.75, 3.05) is 5.32 Å². The molecule has 0 unspecified atom stereocenters. The van der Waals surface area contributed by atoms with Crippen molar-refractivity contribution in [2.45, 2.75) is 0 Å². The molecule has 0 spiro atoms. The van der Waals surface area contributed by atoms with Gasteiger partial charge in [-0.25, -0.2) is 8.78 Å². The van der Waals surface area contributed by atoms with Crippen molar-refractivity contribution in [2.24, 2.45) is 0 Å². The van der Waals surface area contributed by atoms with E-state index in [1.807, 2.05) is 5.32 Å². The molecular weight excluding hydrogens is 267 g/mol. The Morgan fingerprint density at radius 3 is 2.69 bits per heavy atom. The van der Waals surface area contributed by atoms with Gasteiger partial charge in [0.05, 0.1) is 15.2 Å². The van der Waals surface area contributed by atoms with Gasteiger partial charge in [0, 0.05) is 0 Å². The molecule has 13 heavy (non-hydrogen) atoms. The van der Waals surface area contributed by atoms with E-state index in [-0.39, 0.29) is 21.6 Å². The maximum atomic E-state index is 13.0. The van der Waals surface area contributed by atoms with Crippen molar-refractivity contribution in [3.63, 3.8) is 0 Å². The van der Waals surface area contributed by atoms with Crippen LogP contribution in [-0.2, 0) is 4.79 Å². The van der Waals surface area contributed by atoms with Crippen LogP contribution in [0.15, 0.2) is 10.5 Å². The van der Waals surface area contributed by atoms with E-state index in [9.17, 15) is 13.6 Å². The molecular formula is C7H3BrClF2NO. The fraction of sp³-hybridized carbons (Fsp3) is 0. The molecule has 0 saturated carbocycles. The fourth-order valence-corrected chi connectivity index (χ4v) is 1.58. The van der Waals surface area contributed by atoms with Crippen LogP contribution in [-0.4, -0.2) is 6.41 Å². The third kappa shape index (κ3) is 1.97. The first-order valence-electron chi connectivity index (χ1n) is 3.11. The number of anilines is 1. The molecule has 0 heterocycles. The average molecular weight is 270 g/mol. The molecule has 1 rings (SSSR count). The van der Waals surface area contributed by atoms with Gasteiger partial charge in [0.1, 0.15) is 5.82 Å². The third-order valence-electron chi connectivity index (χ3n) is 1.32. The molecule has 2 nitrogen and oxygen atoms in total. The van der Waals surface area contributed by atoms with Crippen molar-refractivity contribution >= 4 is 39.6 Å². The van der Waals surface area contributed by atoms with Crippen molar-refractivity contribution in [1.29, 1.82) is 0 Å². The van der Waals surface area contributed by atoms with Gasteiger partial charge in [-0.2, -0.15) is 0 Å². The summed E-state index contributed by atoms with van der Waals surface area (Å²) in [6.07, 6.45) is 0.247. The monoisotopic (exact) mass is 269 g/mol. The van der Waals surface area contributed by atoms with Crippen molar-refractivity contribution in [3.05, 3.63) is 27.2 Å². The lowest BCUT2D eigenvalue weighted by atomic mass is 10.3. The summed E-state index contributed by atoms with van der Waals surface area (Å²) in [5, 5.41) is 1.66. The Morgan fingerprint density at radius 1 is 1.54 bits per heavy atom. The van der Waals surface area contributed by atoms with Crippen LogP contribution in [0.25, 0.3) is 0 Å². The Bertz CT molecular complexity index is 359. The predicted molar refractivity (Wildman–Crippen MR) is 48.8 cm³/mol. The summed E-state index contributed by atoms with van der Waals surface area (Å²) in [4.78, 5) is 10.0. The molecule has 1 amide bonds. The van der Waals surface area contributed by atoms with Gasteiger partial charge in [-0.3, -0.25) is 4.79 Å². The number of carbonyl (C=O) groups excluding carboxylic acids is 1. The minimum Gasteiger partial charge on any atom is -0.325 e. The number of rotatable bonds is 2. The molecule has 0 fully saturated rings. The van der Waals surface area contributed by atoms with E-state index in [0.29, 0.717) is 0 Å². The summed E-state index contributed by atoms with van der Waals surface area (Å²) in [5.41, 5.74) is -0.267. The second-order valence-corrected chi connectivity index (χ2v) is 3.31. The highest BCUT2D eigenvalue weighted by Crippen LogP contribution is 2.32. The molecule has 0 radical (unpaired) electrons. The molecule has 0 bridgehead atoms. The van der Waals surface area contributed by atoms with Gasteiger partial charge >= 0.3 is 0 Å². The highest BCUT2D eigenvalue weighted by Gasteiger charge is 2.14. The first kappa shape index (κ1) is 10.4. The van der Waals surface area contributed by atoms with E-state index in [0.717, 1.165) is 6.07 Å². The lowest BCUT2D eigenvalue weighted by molar-refractivity contribution is -0.105. The standard InChI is InChI=1S/C7H3BrClF2NO/c8-5-6(11)3(9)1-4(10)7(5)12-2-13/h1-2H,(H,12,13). The van der Waals surface area contributed by atoms with E-state index >= 15 is 0 Å². The highest BCUT2D eigenvalue weighted by molar-refractivity contribution is 9.10. The van der Waals surface area contributed by atoms with Crippen LogP contribution in [0.3, 0.4) is 0 Å². The summed E-state index contributed by atoms with van der Waals surface area (Å²) >= 11 is 8.09. The van der Waals surface area contributed by atoms with E-state index in [4.69, 9.17) is 11.6 Å². The van der Waals surface area contributed by atoms with E-state index in [1.54, 1.807) is 0 Å². The Balaban J connectivity index is 3.34. The van der Waals surface area contributed by atoms with Crippen LogP contribution >= 0.6 is 27.5 Å². The van der Waals surface area contributed by atoms with E-state index in [2.05, 4.69) is 15.9 Å². The highest BCUT2D eigenvalue weighted by atomic mass is 79.9. The lowest BCUT2D eigenvalue weighted by Gasteiger charge is -2.05. The zero-order valence-electron chi connectivity index (χ0n) is 6.07.